The van der Waals surface area contributed by atoms with E-state index in [9.17, 15) is 9.18 Å². The Balaban J connectivity index is 2.18. The first kappa shape index (κ1) is 14.8. The third-order valence-electron chi connectivity index (χ3n) is 3.78. The van der Waals surface area contributed by atoms with Gasteiger partial charge in [0.05, 0.1) is 6.61 Å². The van der Waals surface area contributed by atoms with Gasteiger partial charge in [-0.3, -0.25) is 4.79 Å². The van der Waals surface area contributed by atoms with E-state index in [0.29, 0.717) is 13.2 Å². The number of carbonyl (C=O) groups excluding carboxylic acids is 1. The van der Waals surface area contributed by atoms with E-state index in [1.165, 1.54) is 17.3 Å². The molecule has 1 aliphatic carbocycles. The number of nitrogens with zero attached hydrogens (tertiary/aromatic N) is 1. The average molecular weight is 279 g/mol. The van der Waals surface area contributed by atoms with Crippen molar-refractivity contribution in [3.05, 3.63) is 34.8 Å². The van der Waals surface area contributed by atoms with Crippen LogP contribution in [0.2, 0.25) is 0 Å². The van der Waals surface area contributed by atoms with Crippen molar-refractivity contribution in [3.63, 3.8) is 0 Å². The number of hydrogen-bond donors (Lipinski definition) is 0. The molecule has 0 spiro atoms. The Kier molecular flexibility index (Phi) is 4.99. The van der Waals surface area contributed by atoms with E-state index in [1.54, 1.807) is 19.9 Å². The summed E-state index contributed by atoms with van der Waals surface area (Å²) in [5.74, 6) is -0.423. The smallest absolute Gasteiger partial charge is 0.325 e. The summed E-state index contributed by atoms with van der Waals surface area (Å²) >= 11 is 0. The number of esters is 1. The fourth-order valence-electron chi connectivity index (χ4n) is 2.88. The number of allylic oxidation sites excluding steroid dienone is 4. The molecule has 0 N–H and O–H groups in total. The first-order valence-electron chi connectivity index (χ1n) is 7.31. The molecule has 110 valence electrons. The maximum atomic E-state index is 13.5. The Morgan fingerprint density at radius 1 is 1.40 bits per heavy atom. The van der Waals surface area contributed by atoms with Crippen molar-refractivity contribution in [1.29, 1.82) is 0 Å². The summed E-state index contributed by atoms with van der Waals surface area (Å²) in [7, 11) is 0. The minimum absolute atomic E-state index is 0.210. The molecular formula is C16H22FNO2. The zero-order valence-corrected chi connectivity index (χ0v) is 12.2. The van der Waals surface area contributed by atoms with Crippen LogP contribution >= 0.6 is 0 Å². The normalized spacial score (nSPS) is 21.4. The fourth-order valence-corrected chi connectivity index (χ4v) is 2.88. The molecule has 0 aromatic rings. The van der Waals surface area contributed by atoms with Crippen molar-refractivity contribution in [2.45, 2.75) is 39.5 Å². The van der Waals surface area contributed by atoms with Gasteiger partial charge in [-0.05, 0) is 56.8 Å². The molecule has 2 aliphatic rings. The lowest BCUT2D eigenvalue weighted by Crippen LogP contribution is -2.29. The maximum absolute atomic E-state index is 13.5. The van der Waals surface area contributed by atoms with E-state index in [4.69, 9.17) is 4.74 Å². The fraction of sp³-hybridized carbons (Fsp3) is 0.562. The number of hydrogen-bond acceptors (Lipinski definition) is 3. The molecule has 20 heavy (non-hydrogen) atoms. The number of carbonyl (C=O) groups is 1. The average Bonchev–Trinajstić information content (AvgIpc) is 2.77. The lowest BCUT2D eigenvalue weighted by atomic mass is 9.93. The molecule has 1 heterocycles. The van der Waals surface area contributed by atoms with Crippen LogP contribution in [-0.2, 0) is 9.53 Å². The molecule has 0 fully saturated rings. The Morgan fingerprint density at radius 3 is 2.85 bits per heavy atom. The summed E-state index contributed by atoms with van der Waals surface area (Å²) in [5.41, 5.74) is 3.46. The first-order valence-corrected chi connectivity index (χ1v) is 7.31. The van der Waals surface area contributed by atoms with Gasteiger partial charge in [0, 0.05) is 12.2 Å². The zero-order chi connectivity index (χ0) is 14.5. The van der Waals surface area contributed by atoms with Crippen molar-refractivity contribution < 1.29 is 13.9 Å². The largest absolute Gasteiger partial charge is 0.465 e. The lowest BCUT2D eigenvalue weighted by molar-refractivity contribution is -0.143. The molecule has 0 aromatic heterocycles. The Morgan fingerprint density at radius 2 is 2.15 bits per heavy atom. The minimum atomic E-state index is -0.213. The van der Waals surface area contributed by atoms with E-state index in [-0.39, 0.29) is 18.3 Å². The van der Waals surface area contributed by atoms with Crippen LogP contribution in [0, 0.1) is 0 Å². The Labute approximate surface area is 119 Å². The van der Waals surface area contributed by atoms with E-state index in [2.05, 4.69) is 0 Å². The molecule has 0 saturated carbocycles. The van der Waals surface area contributed by atoms with E-state index in [0.717, 1.165) is 31.3 Å². The van der Waals surface area contributed by atoms with Gasteiger partial charge >= 0.3 is 5.97 Å². The van der Waals surface area contributed by atoms with Gasteiger partial charge in [0.2, 0.25) is 0 Å². The van der Waals surface area contributed by atoms with Gasteiger partial charge in [0.1, 0.15) is 12.4 Å². The van der Waals surface area contributed by atoms with E-state index >= 15 is 0 Å². The Bertz CT molecular complexity index is 477. The van der Waals surface area contributed by atoms with Crippen LogP contribution in [0.25, 0.3) is 0 Å². The van der Waals surface area contributed by atoms with Gasteiger partial charge in [-0.2, -0.15) is 0 Å². The van der Waals surface area contributed by atoms with Crippen molar-refractivity contribution in [3.8, 4) is 0 Å². The molecule has 2 rings (SSSR count). The SMILES string of the molecule is C/C=C(F)\C=C1/CN(CC(=O)OCC)C2=C1CCCC2. The van der Waals surface area contributed by atoms with Gasteiger partial charge in [-0.25, -0.2) is 4.39 Å². The molecule has 0 aromatic carbocycles. The minimum Gasteiger partial charge on any atom is -0.465 e. The van der Waals surface area contributed by atoms with Crippen molar-refractivity contribution in [2.24, 2.45) is 0 Å². The molecule has 0 saturated heterocycles. The van der Waals surface area contributed by atoms with Crippen LogP contribution in [0.15, 0.2) is 34.8 Å². The molecule has 0 atom stereocenters. The van der Waals surface area contributed by atoms with Crippen LogP contribution in [-0.4, -0.2) is 30.6 Å². The third-order valence-corrected chi connectivity index (χ3v) is 3.78. The molecule has 3 nitrogen and oxygen atoms in total. The van der Waals surface area contributed by atoms with Gasteiger partial charge < -0.3 is 9.64 Å². The van der Waals surface area contributed by atoms with Crippen LogP contribution in [0.3, 0.4) is 0 Å². The molecule has 0 unspecified atom stereocenters. The zero-order valence-electron chi connectivity index (χ0n) is 12.2. The van der Waals surface area contributed by atoms with Gasteiger partial charge in [0.25, 0.3) is 0 Å². The number of halogens is 1. The topological polar surface area (TPSA) is 29.5 Å². The highest BCUT2D eigenvalue weighted by molar-refractivity contribution is 5.72. The lowest BCUT2D eigenvalue weighted by Gasteiger charge is -2.23. The molecule has 0 amide bonds. The van der Waals surface area contributed by atoms with E-state index in [1.807, 2.05) is 4.90 Å². The maximum Gasteiger partial charge on any atom is 0.325 e. The first-order chi connectivity index (χ1) is 9.65. The molecular weight excluding hydrogens is 257 g/mol. The molecule has 0 radical (unpaired) electrons. The highest BCUT2D eigenvalue weighted by Gasteiger charge is 2.29. The van der Waals surface area contributed by atoms with E-state index < -0.39 is 0 Å². The second-order valence-corrected chi connectivity index (χ2v) is 5.14. The second kappa shape index (κ2) is 6.73. The summed E-state index contributed by atoms with van der Waals surface area (Å²) < 4.78 is 18.5. The molecule has 0 bridgehead atoms. The molecule has 4 heteroatoms. The number of ether oxygens (including phenoxy) is 1. The van der Waals surface area contributed by atoms with Crippen molar-refractivity contribution >= 4 is 5.97 Å². The highest BCUT2D eigenvalue weighted by Crippen LogP contribution is 2.38. The summed E-state index contributed by atoms with van der Waals surface area (Å²) in [5, 5.41) is 0. The van der Waals surface area contributed by atoms with Crippen LogP contribution < -0.4 is 0 Å². The Hall–Kier alpha value is -1.58. The van der Waals surface area contributed by atoms with Gasteiger partial charge in [0.15, 0.2) is 0 Å². The third kappa shape index (κ3) is 3.30. The highest BCUT2D eigenvalue weighted by atomic mass is 19.1. The van der Waals surface area contributed by atoms with Crippen molar-refractivity contribution in [2.75, 3.05) is 19.7 Å². The summed E-state index contributed by atoms with van der Waals surface area (Å²) in [6.45, 7) is 4.77. The predicted octanol–water partition coefficient (Wildman–Crippen LogP) is 3.49. The van der Waals surface area contributed by atoms with Crippen LogP contribution in [0.1, 0.15) is 39.5 Å². The predicted molar refractivity (Wildman–Crippen MR) is 76.6 cm³/mol. The monoisotopic (exact) mass is 279 g/mol. The quantitative estimate of drug-likeness (QED) is 0.738. The second-order valence-electron chi connectivity index (χ2n) is 5.14. The summed E-state index contributed by atoms with van der Waals surface area (Å²) in [6.07, 6.45) is 7.30. The van der Waals surface area contributed by atoms with Crippen molar-refractivity contribution in [1.82, 2.24) is 4.90 Å². The summed E-state index contributed by atoms with van der Waals surface area (Å²) in [4.78, 5) is 13.7. The van der Waals surface area contributed by atoms with Crippen LogP contribution in [0.5, 0.6) is 0 Å². The molecule has 1 aliphatic heterocycles. The van der Waals surface area contributed by atoms with Crippen LogP contribution in [0.4, 0.5) is 4.39 Å². The van der Waals surface area contributed by atoms with Gasteiger partial charge in [-0.15, -0.1) is 0 Å². The van der Waals surface area contributed by atoms with Gasteiger partial charge in [-0.1, -0.05) is 6.08 Å². The standard InChI is InChI=1S/C16H22FNO2/c1-3-13(17)9-12-10-18(11-16(19)20-4-2)15-8-6-5-7-14(12)15/h3,9H,4-8,10-11H2,1-2H3/b12-9+,13-3+. The number of rotatable bonds is 4. The summed E-state index contributed by atoms with van der Waals surface area (Å²) in [6, 6.07) is 0.